The van der Waals surface area contributed by atoms with Crippen LogP contribution in [0.2, 0.25) is 0 Å². The Morgan fingerprint density at radius 2 is 2.11 bits per heavy atom. The Labute approximate surface area is 153 Å². The zero-order chi connectivity index (χ0) is 18.6. The minimum absolute atomic E-state index is 0.181. The number of nitrogens with one attached hydrogen (secondary N) is 3. The third kappa shape index (κ3) is 3.80. The maximum Gasteiger partial charge on any atom is 0.191 e. The number of nitrogens with zero attached hydrogens (tertiary/aromatic N) is 3. The number of para-hydroxylation sites is 1. The van der Waals surface area contributed by atoms with Crippen LogP contribution in [0.25, 0.3) is 11.2 Å². The quantitative estimate of drug-likeness (QED) is 0.608. The van der Waals surface area contributed by atoms with Gasteiger partial charge in [0.05, 0.1) is 0 Å². The van der Waals surface area contributed by atoms with Gasteiger partial charge >= 0.3 is 0 Å². The monoisotopic (exact) mass is 370 g/mol. The fourth-order valence-electron chi connectivity index (χ4n) is 2.81. The van der Waals surface area contributed by atoms with Crippen molar-refractivity contribution in [2.75, 3.05) is 25.0 Å². The summed E-state index contributed by atoms with van der Waals surface area (Å²) >= 11 is 0. The zero-order valence-corrected chi connectivity index (χ0v) is 14.2. The molecule has 0 unspecified atom stereocenters. The highest BCUT2D eigenvalue weighted by Gasteiger charge is 2.17. The summed E-state index contributed by atoms with van der Waals surface area (Å²) in [6.07, 6.45) is 2.46. The summed E-state index contributed by atoms with van der Waals surface area (Å²) in [6, 6.07) is 3.81. The number of hydrogen-bond acceptors (Lipinski definition) is 6. The Morgan fingerprint density at radius 1 is 1.26 bits per heavy atom. The van der Waals surface area contributed by atoms with E-state index in [0.29, 0.717) is 28.8 Å². The van der Waals surface area contributed by atoms with E-state index in [1.54, 1.807) is 0 Å². The molecule has 1 atom stereocenters. The van der Waals surface area contributed by atoms with Crippen molar-refractivity contribution < 1.29 is 13.5 Å². The number of fused-ring (bicyclic) bond motifs is 1. The van der Waals surface area contributed by atoms with Crippen LogP contribution < -0.4 is 15.4 Å². The third-order valence-electron chi connectivity index (χ3n) is 4.10. The van der Waals surface area contributed by atoms with Gasteiger partial charge in [0.15, 0.2) is 40.2 Å². The van der Waals surface area contributed by atoms with Gasteiger partial charge in [-0.05, 0) is 31.0 Å². The first-order valence-electron chi connectivity index (χ1n) is 8.44. The molecular weight excluding hydrogens is 354 g/mol. The van der Waals surface area contributed by atoms with Gasteiger partial charge in [0, 0.05) is 12.6 Å². The smallest absolute Gasteiger partial charge is 0.191 e. The van der Waals surface area contributed by atoms with Crippen molar-refractivity contribution in [3.05, 3.63) is 42.0 Å². The van der Waals surface area contributed by atoms with Crippen LogP contribution >= 0.6 is 0 Å². The van der Waals surface area contributed by atoms with Gasteiger partial charge in [0.1, 0.15) is 12.9 Å². The van der Waals surface area contributed by atoms with Gasteiger partial charge in [-0.3, -0.25) is 0 Å². The molecule has 3 heterocycles. The van der Waals surface area contributed by atoms with Gasteiger partial charge in [0.25, 0.3) is 0 Å². The van der Waals surface area contributed by atoms with Crippen LogP contribution in [-0.4, -0.2) is 45.7 Å². The summed E-state index contributed by atoms with van der Waals surface area (Å²) < 4.78 is 32.1. The molecule has 1 saturated heterocycles. The van der Waals surface area contributed by atoms with Crippen LogP contribution in [0.15, 0.2) is 24.5 Å². The standard InChI is InChI=1S/C18H16F2N6O/c19-12-3-1-4-13(20)16(12)27-8-2-5-14-25-15-17(22-10-23-18(15)26-14)24-11-6-7-21-9-11/h1,3-4,10-11,21H,6-9H2,(H2,22,23,24,25,26)/t11-/m1/s1. The predicted molar refractivity (Wildman–Crippen MR) is 95.3 cm³/mol. The molecule has 3 aromatic rings. The van der Waals surface area contributed by atoms with Crippen molar-refractivity contribution in [2.24, 2.45) is 0 Å². The number of aromatic nitrogens is 4. The van der Waals surface area contributed by atoms with Crippen molar-refractivity contribution in [1.82, 2.24) is 25.3 Å². The lowest BCUT2D eigenvalue weighted by Gasteiger charge is -2.11. The van der Waals surface area contributed by atoms with Crippen molar-refractivity contribution in [3.63, 3.8) is 0 Å². The SMILES string of the molecule is Fc1cccc(F)c1OCC#Cc1nc2c(N[C@@H]3CCNC3)ncnc2[nH]1. The normalized spacial score (nSPS) is 16.1. The van der Waals surface area contributed by atoms with Crippen LogP contribution in [0.5, 0.6) is 5.75 Å². The maximum absolute atomic E-state index is 13.5. The molecule has 0 bridgehead atoms. The molecule has 9 heteroatoms. The molecular formula is C18H16F2N6O. The third-order valence-corrected chi connectivity index (χ3v) is 4.10. The summed E-state index contributed by atoms with van der Waals surface area (Å²) in [5.74, 6) is 4.48. The Bertz CT molecular complexity index is 999. The first-order chi connectivity index (χ1) is 13.2. The fraction of sp³-hybridized carbons (Fsp3) is 0.278. The molecule has 0 spiro atoms. The van der Waals surface area contributed by atoms with E-state index in [-0.39, 0.29) is 6.61 Å². The van der Waals surface area contributed by atoms with Gasteiger partial charge < -0.3 is 20.4 Å². The molecule has 1 aliphatic rings. The molecule has 0 saturated carbocycles. The lowest BCUT2D eigenvalue weighted by atomic mass is 10.2. The van der Waals surface area contributed by atoms with Crippen molar-refractivity contribution >= 4 is 17.0 Å². The summed E-state index contributed by atoms with van der Waals surface area (Å²) in [4.78, 5) is 15.8. The number of H-pyrrole nitrogens is 1. The lowest BCUT2D eigenvalue weighted by molar-refractivity contribution is 0.326. The molecule has 0 amide bonds. The zero-order valence-electron chi connectivity index (χ0n) is 14.2. The Balaban J connectivity index is 1.47. The average molecular weight is 370 g/mol. The predicted octanol–water partition coefficient (Wildman–Crippen LogP) is 1.84. The highest BCUT2D eigenvalue weighted by molar-refractivity contribution is 5.83. The number of rotatable bonds is 4. The molecule has 2 aromatic heterocycles. The lowest BCUT2D eigenvalue weighted by Crippen LogP contribution is -2.22. The van der Waals surface area contributed by atoms with Crippen LogP contribution in [0, 0.1) is 23.5 Å². The van der Waals surface area contributed by atoms with Gasteiger partial charge in [-0.15, -0.1) is 0 Å². The van der Waals surface area contributed by atoms with Crippen LogP contribution in [-0.2, 0) is 0 Å². The molecule has 0 aliphatic carbocycles. The summed E-state index contributed by atoms with van der Waals surface area (Å²) in [5, 5.41) is 6.62. The molecule has 7 nitrogen and oxygen atoms in total. The van der Waals surface area contributed by atoms with Crippen LogP contribution in [0.3, 0.4) is 0 Å². The number of hydrogen-bond donors (Lipinski definition) is 3. The first-order valence-corrected chi connectivity index (χ1v) is 8.44. The number of anilines is 1. The number of aromatic amines is 1. The van der Waals surface area contributed by atoms with Gasteiger partial charge in [-0.25, -0.2) is 23.7 Å². The summed E-state index contributed by atoms with van der Waals surface area (Å²) in [7, 11) is 0. The Kier molecular flexibility index (Phi) is 4.80. The number of benzene rings is 1. The number of ether oxygens (including phenoxy) is 1. The molecule has 138 valence electrons. The molecule has 0 radical (unpaired) electrons. The topological polar surface area (TPSA) is 87.8 Å². The van der Waals surface area contributed by atoms with Gasteiger partial charge in [-0.2, -0.15) is 0 Å². The van der Waals surface area contributed by atoms with Crippen molar-refractivity contribution in [2.45, 2.75) is 12.5 Å². The van der Waals surface area contributed by atoms with E-state index >= 15 is 0 Å². The molecule has 1 aliphatic heterocycles. The van der Waals surface area contributed by atoms with Gasteiger partial charge in [0.2, 0.25) is 0 Å². The number of imidazole rings is 1. The second-order valence-electron chi connectivity index (χ2n) is 5.98. The summed E-state index contributed by atoms with van der Waals surface area (Å²) in [5.41, 5.74) is 1.15. The number of halogens is 2. The second-order valence-corrected chi connectivity index (χ2v) is 5.98. The maximum atomic E-state index is 13.5. The molecule has 27 heavy (non-hydrogen) atoms. The van der Waals surface area contributed by atoms with Crippen molar-refractivity contribution in [3.8, 4) is 17.6 Å². The highest BCUT2D eigenvalue weighted by atomic mass is 19.1. The summed E-state index contributed by atoms with van der Waals surface area (Å²) in [6.45, 7) is 1.65. The Hall–Kier alpha value is -3.25. The van der Waals surface area contributed by atoms with Crippen LogP contribution in [0.4, 0.5) is 14.6 Å². The largest absolute Gasteiger partial charge is 0.475 e. The van der Waals surface area contributed by atoms with Gasteiger partial charge in [-0.1, -0.05) is 12.0 Å². The first kappa shape index (κ1) is 17.2. The minimum atomic E-state index is -0.770. The van der Waals surface area contributed by atoms with E-state index in [4.69, 9.17) is 4.74 Å². The van der Waals surface area contributed by atoms with E-state index in [0.717, 1.165) is 31.6 Å². The molecule has 3 N–H and O–H groups in total. The Morgan fingerprint density at radius 3 is 2.89 bits per heavy atom. The van der Waals surface area contributed by atoms with E-state index in [1.807, 2.05) is 0 Å². The molecule has 1 aromatic carbocycles. The van der Waals surface area contributed by atoms with E-state index in [1.165, 1.54) is 12.4 Å². The second kappa shape index (κ2) is 7.55. The van der Waals surface area contributed by atoms with E-state index < -0.39 is 17.4 Å². The molecule has 1 fully saturated rings. The minimum Gasteiger partial charge on any atom is -0.475 e. The van der Waals surface area contributed by atoms with Crippen LogP contribution in [0.1, 0.15) is 12.2 Å². The van der Waals surface area contributed by atoms with E-state index in [9.17, 15) is 8.78 Å². The highest BCUT2D eigenvalue weighted by Crippen LogP contribution is 2.21. The van der Waals surface area contributed by atoms with E-state index in [2.05, 4.69) is 42.4 Å². The fourth-order valence-corrected chi connectivity index (χ4v) is 2.81. The molecule has 4 rings (SSSR count). The van der Waals surface area contributed by atoms with Crippen molar-refractivity contribution in [1.29, 1.82) is 0 Å². The average Bonchev–Trinajstić information content (AvgIpc) is 3.30.